The third kappa shape index (κ3) is 12.3. The SMILES string of the molecule is CC(C)(C)CCSCCOC(C)(C)C. The molecular formula is C12H26OS. The zero-order valence-corrected chi connectivity index (χ0v) is 11.5. The fourth-order valence-corrected chi connectivity index (χ4v) is 2.05. The van der Waals surface area contributed by atoms with Gasteiger partial charge in [0.05, 0.1) is 12.2 Å². The van der Waals surface area contributed by atoms with E-state index in [0.717, 1.165) is 12.4 Å². The van der Waals surface area contributed by atoms with E-state index in [1.54, 1.807) is 0 Å². The molecule has 0 unspecified atom stereocenters. The normalized spacial score (nSPS) is 13.3. The largest absolute Gasteiger partial charge is 0.375 e. The second-order valence-electron chi connectivity index (χ2n) is 5.88. The maximum Gasteiger partial charge on any atom is 0.0598 e. The second-order valence-corrected chi connectivity index (χ2v) is 7.11. The van der Waals surface area contributed by atoms with Crippen LogP contribution in [0.2, 0.25) is 0 Å². The molecule has 0 rings (SSSR count). The van der Waals surface area contributed by atoms with Crippen LogP contribution in [0.4, 0.5) is 0 Å². The van der Waals surface area contributed by atoms with Crippen LogP contribution in [0.1, 0.15) is 48.0 Å². The minimum Gasteiger partial charge on any atom is -0.375 e. The van der Waals surface area contributed by atoms with Crippen LogP contribution in [-0.4, -0.2) is 23.7 Å². The number of rotatable bonds is 5. The molecule has 0 saturated carbocycles. The molecule has 0 saturated heterocycles. The Kier molecular flexibility index (Phi) is 6.15. The molecule has 0 atom stereocenters. The Bertz CT molecular complexity index is 123. The Labute approximate surface area is 94.0 Å². The molecule has 14 heavy (non-hydrogen) atoms. The van der Waals surface area contributed by atoms with Gasteiger partial charge in [0.1, 0.15) is 0 Å². The fourth-order valence-electron chi connectivity index (χ4n) is 0.887. The average molecular weight is 218 g/mol. The first kappa shape index (κ1) is 14.3. The van der Waals surface area contributed by atoms with E-state index in [1.165, 1.54) is 12.2 Å². The van der Waals surface area contributed by atoms with Crippen molar-refractivity contribution in [3.05, 3.63) is 0 Å². The van der Waals surface area contributed by atoms with Crippen molar-refractivity contribution in [1.82, 2.24) is 0 Å². The van der Waals surface area contributed by atoms with Crippen LogP contribution >= 0.6 is 11.8 Å². The highest BCUT2D eigenvalue weighted by Crippen LogP contribution is 2.21. The van der Waals surface area contributed by atoms with Gasteiger partial charge >= 0.3 is 0 Å². The number of ether oxygens (including phenoxy) is 1. The van der Waals surface area contributed by atoms with Crippen molar-refractivity contribution in [3.8, 4) is 0 Å². The van der Waals surface area contributed by atoms with Gasteiger partial charge in [-0.15, -0.1) is 0 Å². The summed E-state index contributed by atoms with van der Waals surface area (Å²) in [4.78, 5) is 0. The quantitative estimate of drug-likeness (QED) is 0.646. The van der Waals surface area contributed by atoms with Gasteiger partial charge in [-0.2, -0.15) is 11.8 Å². The smallest absolute Gasteiger partial charge is 0.0598 e. The van der Waals surface area contributed by atoms with E-state index in [9.17, 15) is 0 Å². The molecule has 0 aromatic carbocycles. The Morgan fingerprint density at radius 1 is 0.929 bits per heavy atom. The summed E-state index contributed by atoms with van der Waals surface area (Å²) in [6.07, 6.45) is 1.28. The zero-order chi connectivity index (χ0) is 11.2. The second kappa shape index (κ2) is 6.02. The van der Waals surface area contributed by atoms with Crippen molar-refractivity contribution < 1.29 is 4.74 Å². The molecule has 2 heteroatoms. The lowest BCUT2D eigenvalue weighted by Gasteiger charge is -2.20. The van der Waals surface area contributed by atoms with Crippen molar-refractivity contribution >= 4 is 11.8 Å². The van der Waals surface area contributed by atoms with E-state index >= 15 is 0 Å². The van der Waals surface area contributed by atoms with Gasteiger partial charge in [0.2, 0.25) is 0 Å². The van der Waals surface area contributed by atoms with Crippen molar-refractivity contribution in [1.29, 1.82) is 0 Å². The van der Waals surface area contributed by atoms with Crippen molar-refractivity contribution in [2.24, 2.45) is 5.41 Å². The number of thioether (sulfide) groups is 1. The zero-order valence-electron chi connectivity index (χ0n) is 10.6. The molecule has 0 heterocycles. The lowest BCUT2D eigenvalue weighted by Crippen LogP contribution is -2.20. The minimum absolute atomic E-state index is 0.0184. The molecule has 0 amide bonds. The topological polar surface area (TPSA) is 9.23 Å². The predicted molar refractivity (Wildman–Crippen MR) is 67.1 cm³/mol. The summed E-state index contributed by atoms with van der Waals surface area (Å²) in [6.45, 7) is 14.1. The summed E-state index contributed by atoms with van der Waals surface area (Å²) in [5.74, 6) is 2.37. The van der Waals surface area contributed by atoms with E-state index in [4.69, 9.17) is 4.74 Å². The van der Waals surface area contributed by atoms with E-state index in [1.807, 2.05) is 11.8 Å². The number of hydrogen-bond acceptors (Lipinski definition) is 2. The molecule has 0 bridgehead atoms. The maximum atomic E-state index is 5.64. The van der Waals surface area contributed by atoms with Crippen molar-refractivity contribution in [3.63, 3.8) is 0 Å². The molecule has 0 fully saturated rings. The molecule has 0 aromatic heterocycles. The molecule has 1 nitrogen and oxygen atoms in total. The van der Waals surface area contributed by atoms with Gasteiger partial charge in [0.15, 0.2) is 0 Å². The summed E-state index contributed by atoms with van der Waals surface area (Å²) >= 11 is 2.00. The van der Waals surface area contributed by atoms with E-state index in [0.29, 0.717) is 5.41 Å². The summed E-state index contributed by atoms with van der Waals surface area (Å²) < 4.78 is 5.64. The van der Waals surface area contributed by atoms with E-state index < -0.39 is 0 Å². The summed E-state index contributed by atoms with van der Waals surface area (Å²) in [5.41, 5.74) is 0.489. The van der Waals surface area contributed by atoms with Gasteiger partial charge in [0.25, 0.3) is 0 Å². The Hall–Kier alpha value is 0.310. The monoisotopic (exact) mass is 218 g/mol. The Morgan fingerprint density at radius 2 is 1.50 bits per heavy atom. The lowest BCUT2D eigenvalue weighted by atomic mass is 9.94. The van der Waals surface area contributed by atoms with Gasteiger partial charge in [0, 0.05) is 5.75 Å². The summed E-state index contributed by atoms with van der Waals surface area (Å²) in [7, 11) is 0. The highest BCUT2D eigenvalue weighted by atomic mass is 32.2. The van der Waals surface area contributed by atoms with Crippen LogP contribution in [0.25, 0.3) is 0 Å². The molecule has 86 valence electrons. The molecule has 0 aliphatic heterocycles. The molecule has 0 N–H and O–H groups in total. The molecule has 0 aliphatic rings. The van der Waals surface area contributed by atoms with Crippen LogP contribution in [0, 0.1) is 5.41 Å². The van der Waals surface area contributed by atoms with Gasteiger partial charge in [-0.1, -0.05) is 20.8 Å². The lowest BCUT2D eigenvalue weighted by molar-refractivity contribution is 0.00694. The van der Waals surface area contributed by atoms with Crippen LogP contribution in [0.5, 0.6) is 0 Å². The third-order valence-electron chi connectivity index (χ3n) is 1.76. The Morgan fingerprint density at radius 3 is 1.93 bits per heavy atom. The van der Waals surface area contributed by atoms with Gasteiger partial charge in [-0.05, 0) is 38.4 Å². The van der Waals surface area contributed by atoms with Crippen LogP contribution in [0.15, 0.2) is 0 Å². The first-order chi connectivity index (χ1) is 6.21. The van der Waals surface area contributed by atoms with Crippen LogP contribution < -0.4 is 0 Å². The average Bonchev–Trinajstić information content (AvgIpc) is 1.92. The molecule has 0 aromatic rings. The molecular weight excluding hydrogens is 192 g/mol. The van der Waals surface area contributed by atoms with Crippen molar-refractivity contribution in [2.75, 3.05) is 18.1 Å². The fraction of sp³-hybridized carbons (Fsp3) is 1.00. The summed E-state index contributed by atoms with van der Waals surface area (Å²) in [6, 6.07) is 0. The Balaban J connectivity index is 3.23. The standard InChI is InChI=1S/C12H26OS/c1-11(2,3)7-9-14-10-8-13-12(4,5)6/h7-10H2,1-6H3. The van der Waals surface area contributed by atoms with E-state index in [2.05, 4.69) is 41.5 Å². The first-order valence-corrected chi connectivity index (χ1v) is 6.58. The first-order valence-electron chi connectivity index (χ1n) is 5.42. The highest BCUT2D eigenvalue weighted by molar-refractivity contribution is 7.99. The predicted octanol–water partition coefficient (Wildman–Crippen LogP) is 3.97. The summed E-state index contributed by atoms with van der Waals surface area (Å²) in [5, 5.41) is 0. The molecule has 0 spiro atoms. The third-order valence-corrected chi connectivity index (χ3v) is 2.71. The molecule has 0 aliphatic carbocycles. The minimum atomic E-state index is 0.0184. The van der Waals surface area contributed by atoms with Crippen LogP contribution in [0.3, 0.4) is 0 Å². The van der Waals surface area contributed by atoms with E-state index in [-0.39, 0.29) is 5.60 Å². The van der Waals surface area contributed by atoms with Gasteiger partial charge in [-0.25, -0.2) is 0 Å². The van der Waals surface area contributed by atoms with Gasteiger partial charge in [-0.3, -0.25) is 0 Å². The number of hydrogen-bond donors (Lipinski definition) is 0. The highest BCUT2D eigenvalue weighted by Gasteiger charge is 2.10. The van der Waals surface area contributed by atoms with Crippen molar-refractivity contribution in [2.45, 2.75) is 53.6 Å². The molecule has 0 radical (unpaired) electrons. The van der Waals surface area contributed by atoms with Crippen LogP contribution in [-0.2, 0) is 4.74 Å². The van der Waals surface area contributed by atoms with Gasteiger partial charge < -0.3 is 4.74 Å². The maximum absolute atomic E-state index is 5.64.